The van der Waals surface area contributed by atoms with Crippen LogP contribution in [0, 0.1) is 11.8 Å². The van der Waals surface area contributed by atoms with Crippen molar-refractivity contribution >= 4 is 39.0 Å². The van der Waals surface area contributed by atoms with Crippen LogP contribution < -0.4 is 0 Å². The average molecular weight is 379 g/mol. The summed E-state index contributed by atoms with van der Waals surface area (Å²) in [6, 6.07) is 13.7. The third kappa shape index (κ3) is 3.98. The van der Waals surface area contributed by atoms with Gasteiger partial charge < -0.3 is 4.90 Å². The molecule has 5 heteroatoms. The summed E-state index contributed by atoms with van der Waals surface area (Å²) < 4.78 is 0.848. The number of hydrogen-bond donors (Lipinski definition) is 0. The summed E-state index contributed by atoms with van der Waals surface area (Å²) in [7, 11) is 3.83. The van der Waals surface area contributed by atoms with Crippen LogP contribution in [0.15, 0.2) is 58.1 Å². The number of nitrogens with zero attached hydrogens (tertiary/aromatic N) is 4. The Labute approximate surface area is 149 Å². The summed E-state index contributed by atoms with van der Waals surface area (Å²) in [6.45, 7) is 0. The van der Waals surface area contributed by atoms with Crippen LogP contribution in [0.4, 0.5) is 5.82 Å². The molecular weight excluding hydrogens is 364 g/mol. The minimum absolute atomic E-state index is 0.624. The molecular formula is C19H15BrN4. The van der Waals surface area contributed by atoms with Gasteiger partial charge in [0, 0.05) is 31.2 Å². The fourth-order valence-electron chi connectivity index (χ4n) is 2.05. The number of halogens is 1. The van der Waals surface area contributed by atoms with Crippen molar-refractivity contribution in [3.8, 4) is 11.8 Å². The first kappa shape index (κ1) is 16.2. The first-order valence-corrected chi connectivity index (χ1v) is 8.15. The molecule has 0 N–H and O–H groups in total. The maximum absolute atomic E-state index is 4.46. The first-order valence-electron chi connectivity index (χ1n) is 7.36. The summed E-state index contributed by atoms with van der Waals surface area (Å²) in [5, 5.41) is 1.07. The van der Waals surface area contributed by atoms with Gasteiger partial charge in [-0.2, -0.15) is 0 Å². The van der Waals surface area contributed by atoms with Crippen LogP contribution in [0.2, 0.25) is 0 Å². The van der Waals surface area contributed by atoms with E-state index in [1.165, 1.54) is 0 Å². The lowest BCUT2D eigenvalue weighted by molar-refractivity contribution is 0.643. The lowest BCUT2D eigenvalue weighted by Gasteiger charge is -2.02. The van der Waals surface area contributed by atoms with Crippen LogP contribution >= 0.6 is 15.9 Å². The summed E-state index contributed by atoms with van der Waals surface area (Å²) in [5.74, 6) is 6.88. The summed E-state index contributed by atoms with van der Waals surface area (Å²) in [4.78, 5) is 14.9. The second-order valence-electron chi connectivity index (χ2n) is 5.37. The largest absolute Gasteiger partial charge is 0.369 e. The molecule has 118 valence electrons. The topological polar surface area (TPSA) is 41.4 Å². The Morgan fingerprint density at radius 1 is 1.12 bits per heavy atom. The molecule has 0 spiro atoms. The van der Waals surface area contributed by atoms with E-state index in [0.717, 1.165) is 20.9 Å². The summed E-state index contributed by atoms with van der Waals surface area (Å²) in [5.41, 5.74) is 2.54. The zero-order valence-electron chi connectivity index (χ0n) is 13.4. The molecule has 0 atom stereocenters. The number of rotatable bonds is 2. The Morgan fingerprint density at radius 3 is 2.83 bits per heavy atom. The lowest BCUT2D eigenvalue weighted by Crippen LogP contribution is -2.07. The van der Waals surface area contributed by atoms with E-state index in [1.807, 2.05) is 61.5 Å². The van der Waals surface area contributed by atoms with Crippen LogP contribution in [-0.2, 0) is 0 Å². The van der Waals surface area contributed by atoms with Gasteiger partial charge in [-0.05, 0) is 58.2 Å². The zero-order chi connectivity index (χ0) is 16.9. The van der Waals surface area contributed by atoms with Crippen molar-refractivity contribution in [1.29, 1.82) is 0 Å². The van der Waals surface area contributed by atoms with E-state index in [0.29, 0.717) is 11.5 Å². The number of hydrogen-bond acceptors (Lipinski definition) is 3. The van der Waals surface area contributed by atoms with E-state index in [-0.39, 0.29) is 0 Å². The van der Waals surface area contributed by atoms with Gasteiger partial charge in [-0.25, -0.2) is 9.98 Å². The predicted octanol–water partition coefficient (Wildman–Crippen LogP) is 4.01. The molecule has 1 aromatic carbocycles. The molecule has 0 radical (unpaired) electrons. The van der Waals surface area contributed by atoms with Gasteiger partial charge in [-0.15, -0.1) is 0 Å². The second kappa shape index (κ2) is 7.24. The van der Waals surface area contributed by atoms with Crippen LogP contribution in [0.3, 0.4) is 0 Å². The number of aromatic nitrogens is 2. The molecule has 24 heavy (non-hydrogen) atoms. The van der Waals surface area contributed by atoms with Crippen molar-refractivity contribution in [2.75, 3.05) is 14.1 Å². The Kier molecular flexibility index (Phi) is 4.88. The van der Waals surface area contributed by atoms with Gasteiger partial charge in [0.1, 0.15) is 5.69 Å². The van der Waals surface area contributed by atoms with Gasteiger partial charge in [0.2, 0.25) is 0 Å². The molecule has 0 aliphatic heterocycles. The van der Waals surface area contributed by atoms with E-state index in [9.17, 15) is 0 Å². The van der Waals surface area contributed by atoms with Gasteiger partial charge >= 0.3 is 0 Å². The first-order chi connectivity index (χ1) is 11.6. The van der Waals surface area contributed by atoms with Crippen LogP contribution in [0.5, 0.6) is 0 Å². The highest BCUT2D eigenvalue weighted by atomic mass is 79.9. The zero-order valence-corrected chi connectivity index (χ0v) is 14.9. The number of benzene rings is 1. The van der Waals surface area contributed by atoms with Gasteiger partial charge in [0.15, 0.2) is 5.82 Å². The highest BCUT2D eigenvalue weighted by Crippen LogP contribution is 2.18. The third-order valence-electron chi connectivity index (χ3n) is 3.18. The van der Waals surface area contributed by atoms with Gasteiger partial charge in [0.05, 0.1) is 16.3 Å². The molecule has 3 aromatic rings. The van der Waals surface area contributed by atoms with Gasteiger partial charge in [-0.1, -0.05) is 12.0 Å². The maximum atomic E-state index is 4.46. The summed E-state index contributed by atoms with van der Waals surface area (Å²) in [6.07, 6.45) is 3.50. The standard InChI is InChI=1S/C19H15BrN4/c1-24(2)13-22-19-10-7-16(20)18(23-19)9-6-14-5-8-17-15(12-14)4-3-11-21-17/h3-5,7-8,10-13H,1-2H3. The molecule has 0 saturated heterocycles. The highest BCUT2D eigenvalue weighted by molar-refractivity contribution is 9.10. The third-order valence-corrected chi connectivity index (χ3v) is 3.82. The number of fused-ring (bicyclic) bond motifs is 1. The van der Waals surface area contributed by atoms with E-state index in [4.69, 9.17) is 0 Å². The molecule has 0 aliphatic carbocycles. The molecule has 0 unspecified atom stereocenters. The van der Waals surface area contributed by atoms with Gasteiger partial charge in [0.25, 0.3) is 0 Å². The summed E-state index contributed by atoms with van der Waals surface area (Å²) >= 11 is 3.49. The number of aliphatic imine (C=N–C) groups is 1. The molecule has 0 saturated carbocycles. The minimum atomic E-state index is 0.624. The fraction of sp³-hybridized carbons (Fsp3) is 0.105. The van der Waals surface area contributed by atoms with Crippen molar-refractivity contribution < 1.29 is 0 Å². The second-order valence-corrected chi connectivity index (χ2v) is 6.22. The molecule has 4 nitrogen and oxygen atoms in total. The normalized spacial score (nSPS) is 10.6. The van der Waals surface area contributed by atoms with E-state index in [2.05, 4.69) is 42.7 Å². The predicted molar refractivity (Wildman–Crippen MR) is 101 cm³/mol. The van der Waals surface area contributed by atoms with Crippen molar-refractivity contribution in [3.05, 3.63) is 64.4 Å². The van der Waals surface area contributed by atoms with E-state index >= 15 is 0 Å². The maximum Gasteiger partial charge on any atom is 0.155 e. The molecule has 0 amide bonds. The van der Waals surface area contributed by atoms with Crippen LogP contribution in [-0.4, -0.2) is 35.3 Å². The van der Waals surface area contributed by atoms with Crippen molar-refractivity contribution in [2.45, 2.75) is 0 Å². The minimum Gasteiger partial charge on any atom is -0.369 e. The average Bonchev–Trinajstić information content (AvgIpc) is 2.59. The Bertz CT molecular complexity index is 968. The van der Waals surface area contributed by atoms with E-state index < -0.39 is 0 Å². The van der Waals surface area contributed by atoms with Crippen LogP contribution in [0.25, 0.3) is 10.9 Å². The Morgan fingerprint density at radius 2 is 2.00 bits per heavy atom. The van der Waals surface area contributed by atoms with Crippen molar-refractivity contribution in [1.82, 2.24) is 14.9 Å². The monoisotopic (exact) mass is 378 g/mol. The molecule has 3 rings (SSSR count). The molecule has 0 aliphatic rings. The molecule has 0 bridgehead atoms. The van der Waals surface area contributed by atoms with Gasteiger partial charge in [-0.3, -0.25) is 4.98 Å². The molecule has 2 heterocycles. The lowest BCUT2D eigenvalue weighted by atomic mass is 10.1. The van der Waals surface area contributed by atoms with E-state index in [1.54, 1.807) is 12.5 Å². The van der Waals surface area contributed by atoms with Crippen molar-refractivity contribution in [3.63, 3.8) is 0 Å². The number of pyridine rings is 2. The fourth-order valence-corrected chi connectivity index (χ4v) is 2.37. The van der Waals surface area contributed by atoms with Crippen LogP contribution in [0.1, 0.15) is 11.3 Å². The Balaban J connectivity index is 1.92. The Hall–Kier alpha value is -2.71. The van der Waals surface area contributed by atoms with Crippen molar-refractivity contribution in [2.24, 2.45) is 4.99 Å². The quantitative estimate of drug-likeness (QED) is 0.384. The molecule has 0 fully saturated rings. The highest BCUT2D eigenvalue weighted by Gasteiger charge is 2.00. The molecule has 2 aromatic heterocycles. The smallest absolute Gasteiger partial charge is 0.155 e. The SMILES string of the molecule is CN(C)C=Nc1ccc(Br)c(C#Cc2ccc3ncccc3c2)n1.